The maximum Gasteiger partial charge on any atom is 0.421 e. The molecule has 1 heterocycles. The molecule has 0 bridgehead atoms. The number of rotatable bonds is 9. The molecule has 0 atom stereocenters. The molecule has 5 nitrogen and oxygen atoms in total. The molecule has 0 amide bonds. The predicted molar refractivity (Wildman–Crippen MR) is 125 cm³/mol. The Balaban J connectivity index is 1.79. The molecule has 8 heteroatoms. The van der Waals surface area contributed by atoms with E-state index in [9.17, 15) is 13.2 Å². The summed E-state index contributed by atoms with van der Waals surface area (Å²) in [7, 11) is 0. The minimum atomic E-state index is -4.60. The smallest absolute Gasteiger partial charge is 0.421 e. The SMILES string of the molecule is CC(C)COc1ccc(Nc2nc(Nc3ccc(CC(C)C)cc3)ncc2C(F)(F)F)cc1. The maximum absolute atomic E-state index is 13.5. The van der Waals surface area contributed by atoms with Crippen LogP contribution < -0.4 is 15.4 Å². The molecular formula is C25H29F3N4O. The van der Waals surface area contributed by atoms with Crippen LogP contribution in [0.1, 0.15) is 38.8 Å². The Morgan fingerprint density at radius 1 is 0.848 bits per heavy atom. The lowest BCUT2D eigenvalue weighted by atomic mass is 10.0. The lowest BCUT2D eigenvalue weighted by Crippen LogP contribution is -2.12. The number of nitrogens with zero attached hydrogens (tertiary/aromatic N) is 2. The third kappa shape index (κ3) is 7.37. The van der Waals surface area contributed by atoms with Crippen LogP contribution in [0.25, 0.3) is 0 Å². The normalized spacial score (nSPS) is 11.7. The van der Waals surface area contributed by atoms with Gasteiger partial charge in [0.1, 0.15) is 17.1 Å². The van der Waals surface area contributed by atoms with Gasteiger partial charge in [-0.05, 0) is 60.2 Å². The van der Waals surface area contributed by atoms with Crippen LogP contribution in [-0.2, 0) is 12.6 Å². The number of alkyl halides is 3. The molecule has 1 aromatic heterocycles. The van der Waals surface area contributed by atoms with Gasteiger partial charge in [-0.3, -0.25) is 0 Å². The first kappa shape index (κ1) is 24.4. The zero-order valence-corrected chi connectivity index (χ0v) is 19.2. The molecule has 3 rings (SSSR count). The topological polar surface area (TPSA) is 59.1 Å². The summed E-state index contributed by atoms with van der Waals surface area (Å²) in [5, 5.41) is 5.74. The zero-order valence-electron chi connectivity index (χ0n) is 19.2. The first-order valence-corrected chi connectivity index (χ1v) is 10.9. The first-order valence-electron chi connectivity index (χ1n) is 10.9. The van der Waals surface area contributed by atoms with E-state index < -0.39 is 11.7 Å². The van der Waals surface area contributed by atoms with Gasteiger partial charge < -0.3 is 15.4 Å². The van der Waals surface area contributed by atoms with E-state index in [1.807, 2.05) is 38.1 Å². The fourth-order valence-corrected chi connectivity index (χ4v) is 3.10. The van der Waals surface area contributed by atoms with Crippen LogP contribution in [0.2, 0.25) is 0 Å². The first-order chi connectivity index (χ1) is 15.6. The summed E-state index contributed by atoms with van der Waals surface area (Å²) in [6.07, 6.45) is -2.86. The maximum atomic E-state index is 13.5. The van der Waals surface area contributed by atoms with Crippen molar-refractivity contribution < 1.29 is 17.9 Å². The Morgan fingerprint density at radius 2 is 1.45 bits per heavy atom. The van der Waals surface area contributed by atoms with Crippen LogP contribution >= 0.6 is 0 Å². The summed E-state index contributed by atoms with van der Waals surface area (Å²) in [4.78, 5) is 7.96. The lowest BCUT2D eigenvalue weighted by molar-refractivity contribution is -0.137. The Labute approximate surface area is 192 Å². The monoisotopic (exact) mass is 458 g/mol. The number of anilines is 4. The predicted octanol–water partition coefficient (Wildman–Crippen LogP) is 7.22. The van der Waals surface area contributed by atoms with Gasteiger partial charge in [0, 0.05) is 17.6 Å². The van der Waals surface area contributed by atoms with Gasteiger partial charge in [-0.25, -0.2) is 4.98 Å². The van der Waals surface area contributed by atoms with Crippen molar-refractivity contribution in [2.45, 2.75) is 40.3 Å². The number of ether oxygens (including phenoxy) is 1. The summed E-state index contributed by atoms with van der Waals surface area (Å²) in [5.41, 5.74) is 1.40. The van der Waals surface area contributed by atoms with Crippen LogP contribution in [0, 0.1) is 11.8 Å². The van der Waals surface area contributed by atoms with Gasteiger partial charge in [0.05, 0.1) is 6.61 Å². The van der Waals surface area contributed by atoms with E-state index in [-0.39, 0.29) is 11.8 Å². The average Bonchev–Trinajstić information content (AvgIpc) is 2.73. The third-order valence-electron chi connectivity index (χ3n) is 4.65. The quantitative estimate of drug-likeness (QED) is 0.355. The van der Waals surface area contributed by atoms with Crippen molar-refractivity contribution in [2.24, 2.45) is 11.8 Å². The minimum Gasteiger partial charge on any atom is -0.493 e. The second-order valence-electron chi connectivity index (χ2n) is 8.73. The average molecular weight is 459 g/mol. The number of nitrogens with one attached hydrogen (secondary N) is 2. The largest absolute Gasteiger partial charge is 0.493 e. The van der Waals surface area contributed by atoms with E-state index in [0.29, 0.717) is 35.6 Å². The number of aromatic nitrogens is 2. The summed E-state index contributed by atoms with van der Waals surface area (Å²) >= 11 is 0. The van der Waals surface area contributed by atoms with Crippen molar-refractivity contribution in [3.05, 3.63) is 65.9 Å². The molecule has 0 saturated heterocycles. The molecule has 3 aromatic rings. The van der Waals surface area contributed by atoms with Gasteiger partial charge in [0.25, 0.3) is 0 Å². The highest BCUT2D eigenvalue weighted by Gasteiger charge is 2.35. The van der Waals surface area contributed by atoms with E-state index in [0.717, 1.165) is 12.6 Å². The van der Waals surface area contributed by atoms with E-state index in [4.69, 9.17) is 4.74 Å². The fraction of sp³-hybridized carbons (Fsp3) is 0.360. The molecule has 33 heavy (non-hydrogen) atoms. The number of hydrogen-bond donors (Lipinski definition) is 2. The van der Waals surface area contributed by atoms with Crippen molar-refractivity contribution in [3.63, 3.8) is 0 Å². The molecule has 0 aliphatic carbocycles. The van der Waals surface area contributed by atoms with Gasteiger partial charge in [0.15, 0.2) is 0 Å². The van der Waals surface area contributed by atoms with E-state index in [1.165, 1.54) is 5.56 Å². The Hall–Kier alpha value is -3.29. The third-order valence-corrected chi connectivity index (χ3v) is 4.65. The standard InChI is InChI=1S/C25H29F3N4O/c1-16(2)13-18-5-7-20(8-6-18)31-24-29-14-22(25(26,27)28)23(32-24)30-19-9-11-21(12-10-19)33-15-17(3)4/h5-12,14,16-17H,13,15H2,1-4H3,(H2,29,30,31,32). The Morgan fingerprint density at radius 3 is 2.03 bits per heavy atom. The summed E-state index contributed by atoms with van der Waals surface area (Å²) in [5.74, 6) is 1.30. The zero-order chi connectivity index (χ0) is 24.0. The van der Waals surface area contributed by atoms with Crippen LogP contribution in [0.4, 0.5) is 36.3 Å². The van der Waals surface area contributed by atoms with Crippen LogP contribution in [0.15, 0.2) is 54.7 Å². The number of halogens is 3. The second kappa shape index (κ2) is 10.6. The van der Waals surface area contributed by atoms with Crippen molar-refractivity contribution in [3.8, 4) is 5.75 Å². The van der Waals surface area contributed by atoms with Crippen molar-refractivity contribution >= 4 is 23.1 Å². The van der Waals surface area contributed by atoms with Crippen molar-refractivity contribution in [1.29, 1.82) is 0 Å². The molecule has 0 aliphatic rings. The van der Waals surface area contributed by atoms with Gasteiger partial charge in [0.2, 0.25) is 5.95 Å². The Kier molecular flexibility index (Phi) is 7.79. The summed E-state index contributed by atoms with van der Waals surface area (Å²) < 4.78 is 46.2. The molecule has 176 valence electrons. The molecule has 0 radical (unpaired) electrons. The second-order valence-corrected chi connectivity index (χ2v) is 8.73. The molecule has 0 unspecified atom stereocenters. The van der Waals surface area contributed by atoms with Crippen LogP contribution in [0.3, 0.4) is 0 Å². The van der Waals surface area contributed by atoms with Crippen LogP contribution in [0.5, 0.6) is 5.75 Å². The number of hydrogen-bond acceptors (Lipinski definition) is 5. The molecule has 0 fully saturated rings. The fourth-order valence-electron chi connectivity index (χ4n) is 3.10. The minimum absolute atomic E-state index is 0.0685. The molecule has 0 aliphatic heterocycles. The molecular weight excluding hydrogens is 429 g/mol. The Bertz CT molecular complexity index is 1030. The van der Waals surface area contributed by atoms with E-state index >= 15 is 0 Å². The van der Waals surface area contributed by atoms with Gasteiger partial charge >= 0.3 is 6.18 Å². The number of benzene rings is 2. The highest BCUT2D eigenvalue weighted by molar-refractivity contribution is 5.63. The van der Waals surface area contributed by atoms with Crippen LogP contribution in [-0.4, -0.2) is 16.6 Å². The lowest BCUT2D eigenvalue weighted by Gasteiger charge is -2.15. The highest BCUT2D eigenvalue weighted by atomic mass is 19.4. The van der Waals surface area contributed by atoms with Gasteiger partial charge in [-0.2, -0.15) is 18.2 Å². The van der Waals surface area contributed by atoms with Crippen molar-refractivity contribution in [1.82, 2.24) is 9.97 Å². The molecule has 0 spiro atoms. The van der Waals surface area contributed by atoms with Gasteiger partial charge in [-0.1, -0.05) is 39.8 Å². The van der Waals surface area contributed by atoms with Gasteiger partial charge in [-0.15, -0.1) is 0 Å². The summed E-state index contributed by atoms with van der Waals surface area (Å²) in [6, 6.07) is 14.4. The van der Waals surface area contributed by atoms with E-state index in [2.05, 4.69) is 34.4 Å². The summed E-state index contributed by atoms with van der Waals surface area (Å²) in [6.45, 7) is 8.92. The molecule has 0 saturated carbocycles. The molecule has 2 aromatic carbocycles. The van der Waals surface area contributed by atoms with Crippen molar-refractivity contribution in [2.75, 3.05) is 17.2 Å². The van der Waals surface area contributed by atoms with E-state index in [1.54, 1.807) is 24.3 Å². The highest BCUT2D eigenvalue weighted by Crippen LogP contribution is 2.35. The molecule has 2 N–H and O–H groups in total.